The Morgan fingerprint density at radius 3 is 2.30 bits per heavy atom. The van der Waals surface area contributed by atoms with Crippen LogP contribution in [-0.2, 0) is 16.0 Å². The highest BCUT2D eigenvalue weighted by Gasteiger charge is 2.21. The quantitative estimate of drug-likeness (QED) is 0.730. The van der Waals surface area contributed by atoms with Gasteiger partial charge in [-0.2, -0.15) is 0 Å². The number of carboxylic acids is 1. The number of carboxylic acid groups (broad SMARTS) is 1. The Morgan fingerprint density at radius 2 is 1.80 bits per heavy atom. The zero-order valence-electron chi connectivity index (χ0n) is 12.1. The first kappa shape index (κ1) is 16.2. The van der Waals surface area contributed by atoms with E-state index in [2.05, 4.69) is 10.6 Å². The van der Waals surface area contributed by atoms with Gasteiger partial charge in [-0.1, -0.05) is 30.3 Å². The molecular weight excluding hydrogens is 256 g/mol. The van der Waals surface area contributed by atoms with Gasteiger partial charge in [0.15, 0.2) is 0 Å². The van der Waals surface area contributed by atoms with Gasteiger partial charge in [-0.25, -0.2) is 4.79 Å². The monoisotopic (exact) mass is 278 g/mol. The van der Waals surface area contributed by atoms with Crippen LogP contribution in [0, 0.1) is 0 Å². The summed E-state index contributed by atoms with van der Waals surface area (Å²) in [6.45, 7) is 5.93. The second kappa shape index (κ2) is 7.05. The van der Waals surface area contributed by atoms with Crippen LogP contribution in [0.2, 0.25) is 0 Å². The topological polar surface area (TPSA) is 78.4 Å². The molecule has 1 rings (SSSR count). The SMILES string of the molecule is CC(C)(C)NCC(=O)NC(Cc1ccccc1)C(=O)O. The molecule has 0 aliphatic carbocycles. The van der Waals surface area contributed by atoms with E-state index >= 15 is 0 Å². The first-order valence-electron chi connectivity index (χ1n) is 6.59. The molecule has 1 unspecified atom stereocenters. The molecular formula is C15H22N2O3. The third-order valence-corrected chi connectivity index (χ3v) is 2.70. The molecule has 1 aromatic rings. The van der Waals surface area contributed by atoms with E-state index in [9.17, 15) is 14.7 Å². The molecule has 110 valence electrons. The molecule has 0 saturated heterocycles. The van der Waals surface area contributed by atoms with Crippen molar-refractivity contribution in [3.63, 3.8) is 0 Å². The van der Waals surface area contributed by atoms with Gasteiger partial charge in [-0.3, -0.25) is 4.79 Å². The lowest BCUT2D eigenvalue weighted by Gasteiger charge is -2.21. The van der Waals surface area contributed by atoms with E-state index in [4.69, 9.17) is 0 Å². The van der Waals surface area contributed by atoms with Crippen LogP contribution in [0.3, 0.4) is 0 Å². The zero-order chi connectivity index (χ0) is 15.2. The van der Waals surface area contributed by atoms with Crippen molar-refractivity contribution in [1.29, 1.82) is 0 Å². The lowest BCUT2D eigenvalue weighted by Crippen LogP contribution is -2.48. The minimum absolute atomic E-state index is 0.0993. The molecule has 1 amide bonds. The van der Waals surface area contributed by atoms with Crippen LogP contribution in [0.25, 0.3) is 0 Å². The van der Waals surface area contributed by atoms with Gasteiger partial charge in [0.1, 0.15) is 6.04 Å². The maximum absolute atomic E-state index is 11.8. The molecule has 0 aliphatic heterocycles. The number of benzene rings is 1. The molecule has 1 aromatic carbocycles. The van der Waals surface area contributed by atoms with Gasteiger partial charge < -0.3 is 15.7 Å². The molecule has 3 N–H and O–H groups in total. The molecule has 0 aromatic heterocycles. The Balaban J connectivity index is 2.55. The average Bonchev–Trinajstić information content (AvgIpc) is 2.36. The Hall–Kier alpha value is -1.88. The number of rotatable bonds is 6. The molecule has 0 spiro atoms. The number of hydrogen-bond acceptors (Lipinski definition) is 3. The highest BCUT2D eigenvalue weighted by atomic mass is 16.4. The lowest BCUT2D eigenvalue weighted by molar-refractivity contribution is -0.141. The molecule has 1 atom stereocenters. The van der Waals surface area contributed by atoms with Crippen molar-refractivity contribution in [2.75, 3.05) is 6.54 Å². The summed E-state index contributed by atoms with van der Waals surface area (Å²) in [7, 11) is 0. The van der Waals surface area contributed by atoms with Crippen molar-refractivity contribution in [2.45, 2.75) is 38.8 Å². The molecule has 0 heterocycles. The van der Waals surface area contributed by atoms with E-state index in [1.54, 1.807) is 0 Å². The first-order chi connectivity index (χ1) is 9.28. The fraction of sp³-hybridized carbons (Fsp3) is 0.467. The summed E-state index contributed by atoms with van der Waals surface area (Å²) < 4.78 is 0. The normalized spacial score (nSPS) is 12.8. The molecule has 0 radical (unpaired) electrons. The van der Waals surface area contributed by atoms with Gasteiger partial charge in [-0.15, -0.1) is 0 Å². The molecule has 0 saturated carbocycles. The summed E-state index contributed by atoms with van der Waals surface area (Å²) in [6.07, 6.45) is 0.275. The standard InChI is InChI=1S/C15H22N2O3/c1-15(2,3)16-10-13(18)17-12(14(19)20)9-11-7-5-4-6-8-11/h4-8,12,16H,9-10H2,1-3H3,(H,17,18)(H,19,20). The summed E-state index contributed by atoms with van der Waals surface area (Å²) in [4.78, 5) is 23.0. The van der Waals surface area contributed by atoms with Gasteiger partial charge >= 0.3 is 5.97 Å². The largest absolute Gasteiger partial charge is 0.480 e. The van der Waals surface area contributed by atoms with Crippen molar-refractivity contribution >= 4 is 11.9 Å². The average molecular weight is 278 g/mol. The maximum atomic E-state index is 11.8. The Morgan fingerprint density at radius 1 is 1.20 bits per heavy atom. The Labute approximate surface area is 119 Å². The molecule has 5 heteroatoms. The van der Waals surface area contributed by atoms with Crippen LogP contribution < -0.4 is 10.6 Å². The minimum atomic E-state index is -1.03. The highest BCUT2D eigenvalue weighted by molar-refractivity contribution is 5.84. The second-order valence-corrected chi connectivity index (χ2v) is 5.75. The number of aliphatic carboxylic acids is 1. The predicted molar refractivity (Wildman–Crippen MR) is 77.5 cm³/mol. The molecule has 0 bridgehead atoms. The van der Waals surface area contributed by atoms with Crippen molar-refractivity contribution in [3.8, 4) is 0 Å². The van der Waals surface area contributed by atoms with E-state index in [1.165, 1.54) is 0 Å². The van der Waals surface area contributed by atoms with Gasteiger partial charge in [0, 0.05) is 12.0 Å². The van der Waals surface area contributed by atoms with Crippen LogP contribution in [0.4, 0.5) is 0 Å². The first-order valence-corrected chi connectivity index (χ1v) is 6.59. The number of nitrogens with one attached hydrogen (secondary N) is 2. The zero-order valence-corrected chi connectivity index (χ0v) is 12.1. The summed E-state index contributed by atoms with van der Waals surface area (Å²) in [5.74, 6) is -1.35. The second-order valence-electron chi connectivity index (χ2n) is 5.75. The molecule has 0 aliphatic rings. The third kappa shape index (κ3) is 6.33. The van der Waals surface area contributed by atoms with Gasteiger partial charge in [0.25, 0.3) is 0 Å². The van der Waals surface area contributed by atoms with Gasteiger partial charge in [-0.05, 0) is 26.3 Å². The van der Waals surface area contributed by atoms with E-state index in [0.717, 1.165) is 5.56 Å². The van der Waals surface area contributed by atoms with Crippen molar-refractivity contribution in [2.24, 2.45) is 0 Å². The Bertz CT molecular complexity index is 452. The van der Waals surface area contributed by atoms with Gasteiger partial charge in [0.05, 0.1) is 6.54 Å². The van der Waals surface area contributed by atoms with E-state index in [-0.39, 0.29) is 24.4 Å². The van der Waals surface area contributed by atoms with Crippen molar-refractivity contribution in [1.82, 2.24) is 10.6 Å². The third-order valence-electron chi connectivity index (χ3n) is 2.70. The summed E-state index contributed by atoms with van der Waals surface area (Å²) in [6, 6.07) is 8.33. The molecule has 0 fully saturated rings. The number of carbonyl (C=O) groups excluding carboxylic acids is 1. The minimum Gasteiger partial charge on any atom is -0.480 e. The Kier molecular flexibility index (Phi) is 5.70. The van der Waals surface area contributed by atoms with Crippen molar-refractivity contribution < 1.29 is 14.7 Å². The van der Waals surface area contributed by atoms with E-state index < -0.39 is 12.0 Å². The number of hydrogen-bond donors (Lipinski definition) is 3. The summed E-state index contributed by atoms with van der Waals surface area (Å²) >= 11 is 0. The number of amides is 1. The van der Waals surface area contributed by atoms with Crippen LogP contribution in [0.1, 0.15) is 26.3 Å². The van der Waals surface area contributed by atoms with Crippen LogP contribution in [-0.4, -0.2) is 35.1 Å². The lowest BCUT2D eigenvalue weighted by atomic mass is 10.1. The van der Waals surface area contributed by atoms with Crippen molar-refractivity contribution in [3.05, 3.63) is 35.9 Å². The smallest absolute Gasteiger partial charge is 0.326 e. The van der Waals surface area contributed by atoms with Crippen LogP contribution in [0.15, 0.2) is 30.3 Å². The van der Waals surface area contributed by atoms with Crippen LogP contribution in [0.5, 0.6) is 0 Å². The molecule has 5 nitrogen and oxygen atoms in total. The maximum Gasteiger partial charge on any atom is 0.326 e. The summed E-state index contributed by atoms with van der Waals surface area (Å²) in [5.41, 5.74) is 0.694. The highest BCUT2D eigenvalue weighted by Crippen LogP contribution is 2.03. The fourth-order valence-electron chi connectivity index (χ4n) is 1.64. The fourth-order valence-corrected chi connectivity index (χ4v) is 1.64. The predicted octanol–water partition coefficient (Wildman–Crippen LogP) is 1.19. The van der Waals surface area contributed by atoms with Crippen LogP contribution >= 0.6 is 0 Å². The summed E-state index contributed by atoms with van der Waals surface area (Å²) in [5, 5.41) is 14.7. The van der Waals surface area contributed by atoms with E-state index in [0.29, 0.717) is 0 Å². The van der Waals surface area contributed by atoms with Gasteiger partial charge in [0.2, 0.25) is 5.91 Å². The number of carbonyl (C=O) groups is 2. The van der Waals surface area contributed by atoms with E-state index in [1.807, 2.05) is 51.1 Å². The molecule has 20 heavy (non-hydrogen) atoms.